The van der Waals surface area contributed by atoms with Gasteiger partial charge in [-0.25, -0.2) is 4.79 Å². The lowest BCUT2D eigenvalue weighted by Gasteiger charge is -1.93. The number of hydrogen-bond donors (Lipinski definition) is 4. The van der Waals surface area contributed by atoms with Crippen molar-refractivity contribution >= 4 is 20.2 Å². The van der Waals surface area contributed by atoms with E-state index in [2.05, 4.69) is 15.5 Å². The Kier molecular flexibility index (Phi) is 3.86. The van der Waals surface area contributed by atoms with Crippen LogP contribution in [0.3, 0.4) is 0 Å². The molecular weight excluding hydrogens is 175 g/mol. The van der Waals surface area contributed by atoms with Gasteiger partial charge in [0.2, 0.25) is 5.96 Å². The minimum atomic E-state index is -2.87. The lowest BCUT2D eigenvalue weighted by atomic mass is 10.9. The fourth-order valence-corrected chi connectivity index (χ4v) is 0.386. The molecule has 0 rings (SSSR count). The number of guanidine groups is 1. The predicted molar refractivity (Wildman–Crippen MR) is 35.3 cm³/mol. The maximum absolute atomic E-state index is 10.0. The molecule has 0 radical (unpaired) electrons. The van der Waals surface area contributed by atoms with Crippen molar-refractivity contribution in [2.24, 2.45) is 16.6 Å². The topological polar surface area (TPSA) is 140 Å². The number of urea groups is 1. The summed E-state index contributed by atoms with van der Waals surface area (Å²) in [5.74, 6) is -0.491. The second-order valence-corrected chi connectivity index (χ2v) is 1.92. The summed E-state index contributed by atoms with van der Waals surface area (Å²) in [5.41, 5.74) is 9.49. The lowest BCUT2D eigenvalue weighted by molar-refractivity contribution is 0.251. The van der Waals surface area contributed by atoms with Gasteiger partial charge in [0, 0.05) is 9.72 Å². The third-order valence-corrected chi connectivity index (χ3v) is 0.682. The number of carbonyl (C=O) groups excluding carboxylic acids is 1. The quantitative estimate of drug-likeness (QED) is 0.178. The van der Waals surface area contributed by atoms with Crippen LogP contribution < -0.4 is 16.8 Å². The number of carbonyl (C=O) groups is 1. The number of nitrogens with one attached hydrogen (secondary N) is 1. The standard InChI is InChI=1S/C2H5N4O4P/c3-1(5-2(4)7)6-10-11(8)9/h(H5-,3,4,5,6,7,8,9)/p+1. The first kappa shape index (κ1) is 9.60. The molecule has 9 heteroatoms. The Morgan fingerprint density at radius 2 is 2.18 bits per heavy atom. The van der Waals surface area contributed by atoms with Crippen molar-refractivity contribution in [3.63, 3.8) is 0 Å². The maximum Gasteiger partial charge on any atom is 0.770 e. The summed E-state index contributed by atoms with van der Waals surface area (Å²) in [4.78, 5) is 18.0. The molecule has 0 heterocycles. The van der Waals surface area contributed by atoms with Gasteiger partial charge in [-0.1, -0.05) is 0 Å². The molecule has 0 spiro atoms. The monoisotopic (exact) mass is 181 g/mol. The minimum Gasteiger partial charge on any atom is -0.367 e. The van der Waals surface area contributed by atoms with Gasteiger partial charge in [0.15, 0.2) is 0 Å². The molecule has 0 fully saturated rings. The lowest BCUT2D eigenvalue weighted by Crippen LogP contribution is -2.40. The summed E-state index contributed by atoms with van der Waals surface area (Å²) < 4.78 is 13.6. The van der Waals surface area contributed by atoms with Crippen molar-refractivity contribution in [2.45, 2.75) is 0 Å². The summed E-state index contributed by atoms with van der Waals surface area (Å²) in [5, 5.41) is 4.61. The van der Waals surface area contributed by atoms with Crippen LogP contribution in [-0.4, -0.2) is 16.9 Å². The number of hydrogen-bond acceptors (Lipinski definition) is 4. The maximum atomic E-state index is 10.0. The highest BCUT2D eigenvalue weighted by Gasteiger charge is 2.11. The SMILES string of the molecule is NC(=O)NC(N)=NO[P+](=O)O. The molecule has 0 aliphatic carbocycles. The zero-order chi connectivity index (χ0) is 8.85. The van der Waals surface area contributed by atoms with Gasteiger partial charge < -0.3 is 11.5 Å². The number of amides is 2. The molecule has 1 unspecified atom stereocenters. The Bertz CT molecular complexity index is 202. The van der Waals surface area contributed by atoms with Crippen LogP contribution >= 0.6 is 8.25 Å². The molecule has 0 aromatic carbocycles. The summed E-state index contributed by atoms with van der Waals surface area (Å²) in [7, 11) is -2.87. The van der Waals surface area contributed by atoms with Gasteiger partial charge in [-0.05, 0) is 0 Å². The fourth-order valence-electron chi connectivity index (χ4n) is 0.228. The number of nitrogens with zero attached hydrogens (tertiary/aromatic N) is 1. The Morgan fingerprint density at radius 3 is 2.55 bits per heavy atom. The first-order chi connectivity index (χ1) is 5.02. The molecule has 1 atom stereocenters. The van der Waals surface area contributed by atoms with E-state index in [0.29, 0.717) is 0 Å². The van der Waals surface area contributed by atoms with E-state index in [1.165, 1.54) is 0 Å². The van der Waals surface area contributed by atoms with Gasteiger partial charge in [0.25, 0.3) is 0 Å². The van der Waals surface area contributed by atoms with Crippen molar-refractivity contribution in [3.8, 4) is 0 Å². The van der Waals surface area contributed by atoms with Crippen molar-refractivity contribution in [1.29, 1.82) is 0 Å². The average Bonchev–Trinajstić information content (AvgIpc) is 1.82. The Balaban J connectivity index is 3.81. The number of nitrogens with two attached hydrogens (primary N) is 2. The molecule has 0 aromatic heterocycles. The van der Waals surface area contributed by atoms with E-state index in [0.717, 1.165) is 0 Å². The summed E-state index contributed by atoms with van der Waals surface area (Å²) >= 11 is 0. The van der Waals surface area contributed by atoms with Gasteiger partial charge in [-0.15, -0.1) is 9.52 Å². The molecule has 6 N–H and O–H groups in total. The van der Waals surface area contributed by atoms with Gasteiger partial charge in [0.1, 0.15) is 0 Å². The van der Waals surface area contributed by atoms with Gasteiger partial charge in [-0.3, -0.25) is 5.32 Å². The minimum absolute atomic E-state index is 0.491. The van der Waals surface area contributed by atoms with Gasteiger partial charge in [0.05, 0.1) is 0 Å². The third-order valence-electron chi connectivity index (χ3n) is 0.460. The second-order valence-electron chi connectivity index (χ2n) is 1.29. The number of oxime groups is 1. The largest absolute Gasteiger partial charge is 0.770 e. The van der Waals surface area contributed by atoms with Gasteiger partial charge >= 0.3 is 14.3 Å². The van der Waals surface area contributed by atoms with Crippen LogP contribution in [0.25, 0.3) is 0 Å². The summed E-state index contributed by atoms with van der Waals surface area (Å²) in [6.07, 6.45) is 0. The molecule has 0 saturated heterocycles. The molecule has 2 amide bonds. The van der Waals surface area contributed by atoms with Crippen LogP contribution in [0, 0.1) is 0 Å². The first-order valence-electron chi connectivity index (χ1n) is 2.25. The summed E-state index contributed by atoms with van der Waals surface area (Å²) in [6, 6.07) is -0.942. The highest BCUT2D eigenvalue weighted by atomic mass is 31.1. The fraction of sp³-hybridized carbons (Fsp3) is 0. The predicted octanol–water partition coefficient (Wildman–Crippen LogP) is -1.45. The molecule has 8 nitrogen and oxygen atoms in total. The van der Waals surface area contributed by atoms with Crippen LogP contribution in [0.5, 0.6) is 0 Å². The van der Waals surface area contributed by atoms with Gasteiger partial charge in [-0.2, -0.15) is 0 Å². The Labute approximate surface area is 62.1 Å². The zero-order valence-electron chi connectivity index (χ0n) is 5.22. The van der Waals surface area contributed by atoms with E-state index in [1.54, 1.807) is 5.32 Å². The molecule has 0 bridgehead atoms. The van der Waals surface area contributed by atoms with E-state index in [1.807, 2.05) is 0 Å². The second kappa shape index (κ2) is 4.42. The smallest absolute Gasteiger partial charge is 0.367 e. The van der Waals surface area contributed by atoms with Crippen LogP contribution in [0.15, 0.2) is 5.16 Å². The van der Waals surface area contributed by atoms with Crippen LogP contribution in [0.2, 0.25) is 0 Å². The van der Waals surface area contributed by atoms with Crippen LogP contribution in [0.1, 0.15) is 0 Å². The molecule has 11 heavy (non-hydrogen) atoms. The highest BCUT2D eigenvalue weighted by molar-refractivity contribution is 7.32. The van der Waals surface area contributed by atoms with E-state index < -0.39 is 20.2 Å². The summed E-state index contributed by atoms with van der Waals surface area (Å²) in [6.45, 7) is 0. The molecule has 0 saturated carbocycles. The van der Waals surface area contributed by atoms with E-state index in [9.17, 15) is 9.36 Å². The first-order valence-corrected chi connectivity index (χ1v) is 3.38. The number of rotatable bonds is 2. The van der Waals surface area contributed by atoms with E-state index >= 15 is 0 Å². The van der Waals surface area contributed by atoms with Crippen LogP contribution in [0.4, 0.5) is 4.79 Å². The Hall–Kier alpha value is -1.40. The highest BCUT2D eigenvalue weighted by Crippen LogP contribution is 2.13. The Morgan fingerprint density at radius 1 is 1.64 bits per heavy atom. The third kappa shape index (κ3) is 6.49. The normalized spacial score (nSPS) is 12.1. The molecule has 0 aromatic rings. The van der Waals surface area contributed by atoms with Crippen molar-refractivity contribution in [1.82, 2.24) is 5.32 Å². The van der Waals surface area contributed by atoms with Crippen molar-refractivity contribution in [3.05, 3.63) is 0 Å². The number of primary amides is 1. The average molecular weight is 181 g/mol. The molecule has 0 aliphatic heterocycles. The van der Waals surface area contributed by atoms with Crippen molar-refractivity contribution < 1.29 is 18.9 Å². The van der Waals surface area contributed by atoms with Crippen molar-refractivity contribution in [2.75, 3.05) is 0 Å². The molecule has 62 valence electrons. The van der Waals surface area contributed by atoms with E-state index in [-0.39, 0.29) is 0 Å². The molecular formula is C2H6N4O4P+. The van der Waals surface area contributed by atoms with Crippen LogP contribution in [-0.2, 0) is 9.19 Å². The molecule has 0 aliphatic rings. The van der Waals surface area contributed by atoms with E-state index in [4.69, 9.17) is 10.6 Å². The zero-order valence-corrected chi connectivity index (χ0v) is 6.12.